The number of anilines is 1. The Labute approximate surface area is 136 Å². The summed E-state index contributed by atoms with van der Waals surface area (Å²) in [4.78, 5) is 0. The van der Waals surface area contributed by atoms with Crippen LogP contribution >= 0.6 is 15.9 Å². The normalized spacial score (nSPS) is 20.5. The van der Waals surface area contributed by atoms with E-state index in [2.05, 4.69) is 47.2 Å². The van der Waals surface area contributed by atoms with E-state index in [1.54, 1.807) is 4.31 Å². The highest BCUT2D eigenvalue weighted by Gasteiger charge is 2.25. The number of hydrogen-bond acceptors (Lipinski definition) is 3. The maximum atomic E-state index is 11.7. The third-order valence-corrected chi connectivity index (χ3v) is 5.74. The number of piperidine rings is 1. The van der Waals surface area contributed by atoms with Crippen LogP contribution in [0.5, 0.6) is 0 Å². The van der Waals surface area contributed by atoms with Crippen molar-refractivity contribution < 1.29 is 8.42 Å². The van der Waals surface area contributed by atoms with Crippen LogP contribution < -0.4 is 5.32 Å². The Morgan fingerprint density at radius 2 is 1.95 bits per heavy atom. The van der Waals surface area contributed by atoms with Crippen molar-refractivity contribution in [3.8, 4) is 0 Å². The second-order valence-corrected chi connectivity index (χ2v) is 8.82. The first-order chi connectivity index (χ1) is 9.77. The van der Waals surface area contributed by atoms with Crippen molar-refractivity contribution in [2.75, 3.05) is 31.2 Å². The Morgan fingerprint density at radius 3 is 2.52 bits per heavy atom. The number of sulfonamides is 1. The molecule has 0 amide bonds. The van der Waals surface area contributed by atoms with Gasteiger partial charge in [0.05, 0.1) is 6.26 Å². The Morgan fingerprint density at radius 1 is 1.33 bits per heavy atom. The summed E-state index contributed by atoms with van der Waals surface area (Å²) in [5.41, 5.74) is 3.57. The van der Waals surface area contributed by atoms with E-state index in [1.165, 1.54) is 17.4 Å². The summed E-state index contributed by atoms with van der Waals surface area (Å²) in [6.45, 7) is 6.27. The van der Waals surface area contributed by atoms with E-state index in [0.717, 1.165) is 29.5 Å². The SMILES string of the molecule is Cc1cc(Br)cc(C)c1NCC1CCCN(S(C)(=O)=O)C1. The van der Waals surface area contributed by atoms with Gasteiger partial charge >= 0.3 is 0 Å². The minimum atomic E-state index is -3.06. The van der Waals surface area contributed by atoms with Crippen molar-refractivity contribution in [1.82, 2.24) is 4.31 Å². The molecule has 0 saturated carbocycles. The van der Waals surface area contributed by atoms with Crippen molar-refractivity contribution in [2.45, 2.75) is 26.7 Å². The van der Waals surface area contributed by atoms with E-state index >= 15 is 0 Å². The lowest BCUT2D eigenvalue weighted by atomic mass is 9.99. The molecule has 1 aliphatic heterocycles. The lowest BCUT2D eigenvalue weighted by Crippen LogP contribution is -2.41. The Bertz CT molecular complexity index is 593. The predicted molar refractivity (Wildman–Crippen MR) is 91.2 cm³/mol. The lowest BCUT2D eigenvalue weighted by molar-refractivity contribution is 0.276. The van der Waals surface area contributed by atoms with Gasteiger partial charge in [-0.05, 0) is 55.9 Å². The topological polar surface area (TPSA) is 49.4 Å². The monoisotopic (exact) mass is 374 g/mol. The molecule has 1 saturated heterocycles. The molecule has 118 valence electrons. The molecule has 4 nitrogen and oxygen atoms in total. The molecule has 0 bridgehead atoms. The molecule has 1 fully saturated rings. The van der Waals surface area contributed by atoms with Crippen molar-refractivity contribution in [3.05, 3.63) is 27.7 Å². The van der Waals surface area contributed by atoms with Gasteiger partial charge in [-0.2, -0.15) is 0 Å². The van der Waals surface area contributed by atoms with Crippen LogP contribution in [0.1, 0.15) is 24.0 Å². The summed E-state index contributed by atoms with van der Waals surface area (Å²) in [6.07, 6.45) is 3.32. The van der Waals surface area contributed by atoms with Crippen LogP contribution in [0.4, 0.5) is 5.69 Å². The highest BCUT2D eigenvalue weighted by molar-refractivity contribution is 9.10. The summed E-state index contributed by atoms with van der Waals surface area (Å²) >= 11 is 3.50. The van der Waals surface area contributed by atoms with Gasteiger partial charge in [0.1, 0.15) is 0 Å². The second kappa shape index (κ2) is 6.67. The number of rotatable bonds is 4. The molecule has 1 atom stereocenters. The van der Waals surface area contributed by atoms with Crippen LogP contribution in [0.15, 0.2) is 16.6 Å². The average Bonchev–Trinajstić information content (AvgIpc) is 2.36. The summed E-state index contributed by atoms with van der Waals surface area (Å²) in [7, 11) is -3.06. The van der Waals surface area contributed by atoms with Gasteiger partial charge in [0.15, 0.2) is 0 Å². The Hall–Kier alpha value is -0.590. The summed E-state index contributed by atoms with van der Waals surface area (Å²) in [6, 6.07) is 4.19. The lowest BCUT2D eigenvalue weighted by Gasteiger charge is -2.31. The zero-order valence-electron chi connectivity index (χ0n) is 12.8. The van der Waals surface area contributed by atoms with E-state index in [-0.39, 0.29) is 0 Å². The minimum absolute atomic E-state index is 0.371. The second-order valence-electron chi connectivity index (χ2n) is 5.92. The van der Waals surface area contributed by atoms with E-state index in [0.29, 0.717) is 19.0 Å². The van der Waals surface area contributed by atoms with E-state index in [9.17, 15) is 8.42 Å². The third kappa shape index (κ3) is 4.44. The van der Waals surface area contributed by atoms with E-state index in [1.807, 2.05) is 0 Å². The summed E-state index contributed by atoms with van der Waals surface area (Å²) in [5, 5.41) is 3.51. The van der Waals surface area contributed by atoms with Crippen molar-refractivity contribution in [3.63, 3.8) is 0 Å². The van der Waals surface area contributed by atoms with Gasteiger partial charge in [-0.1, -0.05) is 15.9 Å². The fourth-order valence-corrected chi connectivity index (χ4v) is 4.56. The van der Waals surface area contributed by atoms with Gasteiger partial charge in [-0.3, -0.25) is 0 Å². The molecular formula is C15H23BrN2O2S. The van der Waals surface area contributed by atoms with Crippen LogP contribution in [0.2, 0.25) is 0 Å². The molecule has 1 heterocycles. The van der Waals surface area contributed by atoms with Crippen LogP contribution in [-0.2, 0) is 10.0 Å². The third-order valence-electron chi connectivity index (χ3n) is 4.02. The van der Waals surface area contributed by atoms with Crippen molar-refractivity contribution in [1.29, 1.82) is 0 Å². The fourth-order valence-electron chi connectivity index (χ4n) is 2.93. The maximum absolute atomic E-state index is 11.7. The van der Waals surface area contributed by atoms with Crippen molar-refractivity contribution >= 4 is 31.6 Å². The quantitative estimate of drug-likeness (QED) is 0.880. The number of halogens is 1. The highest BCUT2D eigenvalue weighted by atomic mass is 79.9. The van der Waals surface area contributed by atoms with Gasteiger partial charge in [0.2, 0.25) is 10.0 Å². The van der Waals surface area contributed by atoms with Gasteiger partial charge in [0.25, 0.3) is 0 Å². The molecule has 21 heavy (non-hydrogen) atoms. The molecule has 0 radical (unpaired) electrons. The molecule has 0 spiro atoms. The van der Waals surface area contributed by atoms with Crippen LogP contribution in [-0.4, -0.2) is 38.6 Å². The molecule has 1 aromatic rings. The molecule has 1 unspecified atom stereocenters. The molecular weight excluding hydrogens is 352 g/mol. The van der Waals surface area contributed by atoms with E-state index < -0.39 is 10.0 Å². The van der Waals surface area contributed by atoms with E-state index in [4.69, 9.17) is 0 Å². The molecule has 0 aromatic heterocycles. The number of benzene rings is 1. The molecule has 0 aliphatic carbocycles. The average molecular weight is 375 g/mol. The summed E-state index contributed by atoms with van der Waals surface area (Å²) < 4.78 is 26.0. The minimum Gasteiger partial charge on any atom is -0.384 e. The van der Waals surface area contributed by atoms with Gasteiger partial charge in [-0.15, -0.1) is 0 Å². The zero-order chi connectivity index (χ0) is 15.6. The van der Waals surface area contributed by atoms with Crippen LogP contribution in [0.25, 0.3) is 0 Å². The number of nitrogens with zero attached hydrogens (tertiary/aromatic N) is 1. The first-order valence-corrected chi connectivity index (χ1v) is 9.87. The summed E-state index contributed by atoms with van der Waals surface area (Å²) in [5.74, 6) is 0.371. The van der Waals surface area contributed by atoms with Crippen molar-refractivity contribution in [2.24, 2.45) is 5.92 Å². The smallest absolute Gasteiger partial charge is 0.211 e. The molecule has 2 rings (SSSR count). The molecule has 1 aromatic carbocycles. The molecule has 1 aliphatic rings. The van der Waals surface area contributed by atoms with Crippen LogP contribution in [0.3, 0.4) is 0 Å². The molecule has 6 heteroatoms. The first kappa shape index (κ1) is 16.8. The van der Waals surface area contributed by atoms with Crippen LogP contribution in [0, 0.1) is 19.8 Å². The maximum Gasteiger partial charge on any atom is 0.211 e. The highest BCUT2D eigenvalue weighted by Crippen LogP contribution is 2.26. The van der Waals surface area contributed by atoms with Gasteiger partial charge < -0.3 is 5.32 Å². The predicted octanol–water partition coefficient (Wildman–Crippen LogP) is 3.15. The first-order valence-electron chi connectivity index (χ1n) is 7.23. The number of nitrogens with one attached hydrogen (secondary N) is 1. The number of aryl methyl sites for hydroxylation is 2. The zero-order valence-corrected chi connectivity index (χ0v) is 15.2. The van der Waals surface area contributed by atoms with Gasteiger partial charge in [0, 0.05) is 29.8 Å². The standard InChI is InChI=1S/C15H23BrN2O2S/c1-11-7-14(16)8-12(2)15(11)17-9-13-5-4-6-18(10-13)21(3,19)20/h7-8,13,17H,4-6,9-10H2,1-3H3. The largest absolute Gasteiger partial charge is 0.384 e. The fraction of sp³-hybridized carbons (Fsp3) is 0.600. The van der Waals surface area contributed by atoms with Gasteiger partial charge in [-0.25, -0.2) is 12.7 Å². The number of hydrogen-bond donors (Lipinski definition) is 1. The Kier molecular flexibility index (Phi) is 5.33. The molecule has 1 N–H and O–H groups in total. The Balaban J connectivity index is 2.00.